The minimum absolute atomic E-state index is 0.205. The number of carbonyl (C=O) groups is 2. The predicted molar refractivity (Wildman–Crippen MR) is 80.2 cm³/mol. The number of rotatable bonds is 2. The van der Waals surface area contributed by atoms with Crippen LogP contribution in [-0.4, -0.2) is 18.9 Å². The number of amides is 2. The van der Waals surface area contributed by atoms with Crippen LogP contribution in [0.2, 0.25) is 0 Å². The van der Waals surface area contributed by atoms with Crippen LogP contribution in [0.4, 0.5) is 0 Å². The third kappa shape index (κ3) is 2.49. The summed E-state index contributed by atoms with van der Waals surface area (Å²) in [5.74, 6) is 0.404. The highest BCUT2D eigenvalue weighted by Crippen LogP contribution is 2.35. The third-order valence-electron chi connectivity index (χ3n) is 4.12. The molecule has 0 spiro atoms. The molecule has 1 saturated heterocycles. The molecule has 0 unspecified atom stereocenters. The summed E-state index contributed by atoms with van der Waals surface area (Å²) in [6.45, 7) is 1.97. The molecular formula is C17H17NO3. The smallest absolute Gasteiger partial charge is 0.227 e. The van der Waals surface area contributed by atoms with E-state index < -0.39 is 5.41 Å². The highest BCUT2D eigenvalue weighted by molar-refractivity contribution is 5.99. The fourth-order valence-electron chi connectivity index (χ4n) is 2.95. The molecule has 2 amide bonds. The van der Waals surface area contributed by atoms with E-state index in [9.17, 15) is 9.59 Å². The second kappa shape index (κ2) is 4.88. The summed E-state index contributed by atoms with van der Waals surface area (Å²) in [4.78, 5) is 23.3. The maximum absolute atomic E-state index is 11.7. The van der Waals surface area contributed by atoms with Gasteiger partial charge in [-0.1, -0.05) is 31.2 Å². The normalized spacial score (nSPS) is 17.6. The molecule has 0 atom stereocenters. The summed E-state index contributed by atoms with van der Waals surface area (Å²) in [5.41, 5.74) is 0.580. The lowest BCUT2D eigenvalue weighted by Gasteiger charge is -2.32. The Hall–Kier alpha value is -2.36. The number of piperidine rings is 1. The van der Waals surface area contributed by atoms with Crippen molar-refractivity contribution in [3.63, 3.8) is 0 Å². The molecule has 1 fully saturated rings. The lowest BCUT2D eigenvalue weighted by molar-refractivity contribution is -0.135. The molecular weight excluding hydrogens is 266 g/mol. The van der Waals surface area contributed by atoms with Crippen molar-refractivity contribution >= 4 is 22.6 Å². The lowest BCUT2D eigenvalue weighted by Crippen LogP contribution is -2.45. The second-order valence-electron chi connectivity index (χ2n) is 5.81. The van der Waals surface area contributed by atoms with Crippen LogP contribution in [0.25, 0.3) is 10.8 Å². The van der Waals surface area contributed by atoms with Gasteiger partial charge >= 0.3 is 0 Å². The average Bonchev–Trinajstić information content (AvgIpc) is 2.44. The molecule has 0 aromatic heterocycles. The fourth-order valence-corrected chi connectivity index (χ4v) is 2.95. The number of imide groups is 1. The van der Waals surface area contributed by atoms with Crippen molar-refractivity contribution in [1.29, 1.82) is 0 Å². The number of benzene rings is 2. The summed E-state index contributed by atoms with van der Waals surface area (Å²) in [7, 11) is 1.64. The molecule has 1 aliphatic rings. The van der Waals surface area contributed by atoms with E-state index in [-0.39, 0.29) is 11.8 Å². The van der Waals surface area contributed by atoms with Crippen LogP contribution in [-0.2, 0) is 15.0 Å². The van der Waals surface area contributed by atoms with Gasteiger partial charge in [0.05, 0.1) is 7.11 Å². The topological polar surface area (TPSA) is 55.4 Å². The number of ether oxygens (including phenoxy) is 1. The van der Waals surface area contributed by atoms with Gasteiger partial charge in [-0.25, -0.2) is 0 Å². The molecule has 0 radical (unpaired) electrons. The van der Waals surface area contributed by atoms with Crippen LogP contribution in [0.3, 0.4) is 0 Å². The third-order valence-corrected chi connectivity index (χ3v) is 4.12. The standard InChI is InChI=1S/C17H17NO3/c1-17(9-15(19)18-16(20)10-17)13-5-3-12-8-14(21-2)6-4-11(12)7-13/h3-8H,9-10H2,1-2H3,(H,18,19,20). The molecule has 2 aromatic carbocycles. The van der Waals surface area contributed by atoms with Gasteiger partial charge in [-0.3, -0.25) is 14.9 Å². The van der Waals surface area contributed by atoms with Gasteiger partial charge in [0.1, 0.15) is 5.75 Å². The van der Waals surface area contributed by atoms with E-state index in [1.54, 1.807) is 7.11 Å². The minimum atomic E-state index is -0.437. The molecule has 1 heterocycles. The number of hydrogen-bond acceptors (Lipinski definition) is 3. The van der Waals surface area contributed by atoms with Crippen molar-refractivity contribution in [2.75, 3.05) is 7.11 Å². The Morgan fingerprint density at radius 3 is 2.29 bits per heavy atom. The van der Waals surface area contributed by atoms with Crippen molar-refractivity contribution < 1.29 is 14.3 Å². The summed E-state index contributed by atoms with van der Waals surface area (Å²) in [6.07, 6.45) is 0.667. The molecule has 21 heavy (non-hydrogen) atoms. The number of carbonyl (C=O) groups excluding carboxylic acids is 2. The Morgan fingerprint density at radius 2 is 1.62 bits per heavy atom. The Kier molecular flexibility index (Phi) is 3.16. The SMILES string of the molecule is COc1ccc2cc(C3(C)CC(=O)NC(=O)C3)ccc2c1. The van der Waals surface area contributed by atoms with Crippen molar-refractivity contribution in [2.45, 2.75) is 25.2 Å². The molecule has 4 heteroatoms. The van der Waals surface area contributed by atoms with Crippen molar-refractivity contribution in [2.24, 2.45) is 0 Å². The molecule has 1 aliphatic heterocycles. The summed E-state index contributed by atoms with van der Waals surface area (Å²) >= 11 is 0. The first kappa shape index (κ1) is 13.6. The molecule has 108 valence electrons. The number of fused-ring (bicyclic) bond motifs is 1. The number of nitrogens with one attached hydrogen (secondary N) is 1. The van der Waals surface area contributed by atoms with Gasteiger partial charge in [-0.2, -0.15) is 0 Å². The maximum atomic E-state index is 11.7. The molecule has 0 saturated carbocycles. The zero-order valence-electron chi connectivity index (χ0n) is 12.1. The Labute approximate surface area is 123 Å². The highest BCUT2D eigenvalue weighted by atomic mass is 16.5. The largest absolute Gasteiger partial charge is 0.497 e. The van der Waals surface area contributed by atoms with Gasteiger partial charge in [0.2, 0.25) is 11.8 Å². The Balaban J connectivity index is 2.04. The van der Waals surface area contributed by atoms with E-state index in [1.807, 2.05) is 37.3 Å². The first-order chi connectivity index (χ1) is 10.00. The quantitative estimate of drug-likeness (QED) is 0.862. The Bertz CT molecular complexity index is 720. The maximum Gasteiger partial charge on any atom is 0.227 e. The van der Waals surface area contributed by atoms with Gasteiger partial charge in [-0.05, 0) is 28.5 Å². The summed E-state index contributed by atoms with van der Waals surface area (Å²) < 4.78 is 5.22. The van der Waals surface area contributed by atoms with E-state index >= 15 is 0 Å². The van der Waals surface area contributed by atoms with Crippen molar-refractivity contribution in [3.05, 3.63) is 42.0 Å². The van der Waals surface area contributed by atoms with Gasteiger partial charge in [-0.15, -0.1) is 0 Å². The fraction of sp³-hybridized carbons (Fsp3) is 0.294. The van der Waals surface area contributed by atoms with Gasteiger partial charge in [0.25, 0.3) is 0 Å². The Morgan fingerprint density at radius 1 is 1.00 bits per heavy atom. The summed E-state index contributed by atoms with van der Waals surface area (Å²) in [5, 5.41) is 4.52. The first-order valence-corrected chi connectivity index (χ1v) is 6.91. The molecule has 1 N–H and O–H groups in total. The number of methoxy groups -OCH3 is 1. The van der Waals surface area contributed by atoms with Crippen molar-refractivity contribution in [3.8, 4) is 5.75 Å². The van der Waals surface area contributed by atoms with Crippen LogP contribution in [0.5, 0.6) is 5.75 Å². The first-order valence-electron chi connectivity index (χ1n) is 6.91. The van der Waals surface area contributed by atoms with Crippen LogP contribution < -0.4 is 10.1 Å². The monoisotopic (exact) mass is 283 g/mol. The predicted octanol–water partition coefficient (Wildman–Crippen LogP) is 2.54. The summed E-state index contributed by atoms with van der Waals surface area (Å²) in [6, 6.07) is 11.9. The molecule has 0 bridgehead atoms. The number of hydrogen-bond donors (Lipinski definition) is 1. The molecule has 2 aromatic rings. The van der Waals surface area contributed by atoms with E-state index in [4.69, 9.17) is 4.74 Å². The zero-order chi connectivity index (χ0) is 15.0. The van der Waals surface area contributed by atoms with Crippen molar-refractivity contribution in [1.82, 2.24) is 5.32 Å². The van der Waals surface area contributed by atoms with Crippen LogP contribution in [0.1, 0.15) is 25.3 Å². The molecule has 0 aliphatic carbocycles. The van der Waals surface area contributed by atoms with E-state index in [0.717, 1.165) is 22.1 Å². The van der Waals surface area contributed by atoms with Gasteiger partial charge in [0.15, 0.2) is 0 Å². The lowest BCUT2D eigenvalue weighted by atomic mass is 9.74. The average molecular weight is 283 g/mol. The van der Waals surface area contributed by atoms with Crippen LogP contribution >= 0.6 is 0 Å². The van der Waals surface area contributed by atoms with Gasteiger partial charge in [0, 0.05) is 18.3 Å². The minimum Gasteiger partial charge on any atom is -0.497 e. The van der Waals surface area contributed by atoms with E-state index in [0.29, 0.717) is 12.8 Å². The van der Waals surface area contributed by atoms with Crippen LogP contribution in [0, 0.1) is 0 Å². The molecule has 3 rings (SSSR count). The molecule has 4 nitrogen and oxygen atoms in total. The van der Waals surface area contributed by atoms with E-state index in [1.165, 1.54) is 0 Å². The van der Waals surface area contributed by atoms with Gasteiger partial charge < -0.3 is 4.74 Å². The second-order valence-corrected chi connectivity index (χ2v) is 5.81. The zero-order valence-corrected chi connectivity index (χ0v) is 12.1. The van der Waals surface area contributed by atoms with Crippen LogP contribution in [0.15, 0.2) is 36.4 Å². The van der Waals surface area contributed by atoms with E-state index in [2.05, 4.69) is 11.4 Å². The highest BCUT2D eigenvalue weighted by Gasteiger charge is 2.37.